The van der Waals surface area contributed by atoms with E-state index >= 15 is 0 Å². The summed E-state index contributed by atoms with van der Waals surface area (Å²) in [6.07, 6.45) is 0. The molecule has 1 aliphatic heterocycles. The van der Waals surface area contributed by atoms with Gasteiger partial charge in [-0.3, -0.25) is 10.1 Å². The molecule has 2 N–H and O–H groups in total. The zero-order chi connectivity index (χ0) is 14.3. The number of rotatable bonds is 1. The third-order valence-electron chi connectivity index (χ3n) is 2.89. The molecule has 0 saturated heterocycles. The molecule has 0 bridgehead atoms. The number of guanidine groups is 1. The summed E-state index contributed by atoms with van der Waals surface area (Å²) in [6.45, 7) is 7.89. The van der Waals surface area contributed by atoms with Gasteiger partial charge in [0, 0.05) is 10.0 Å². The van der Waals surface area contributed by atoms with Crippen LogP contribution in [0, 0.1) is 0 Å². The van der Waals surface area contributed by atoms with Gasteiger partial charge in [0.25, 0.3) is 5.91 Å². The van der Waals surface area contributed by atoms with Crippen molar-refractivity contribution in [3.8, 4) is 0 Å². The number of carbonyl (C=O) groups is 1. The Kier molecular flexibility index (Phi) is 3.43. The largest absolute Gasteiger partial charge is 0.351 e. The molecule has 1 aromatic rings. The number of nitrogens with zero attached hydrogens (tertiary/aromatic N) is 1. The maximum atomic E-state index is 12.2. The van der Waals surface area contributed by atoms with Gasteiger partial charge < -0.3 is 5.32 Å². The second-order valence-electron chi connectivity index (χ2n) is 5.87. The van der Waals surface area contributed by atoms with E-state index < -0.39 is 5.54 Å². The summed E-state index contributed by atoms with van der Waals surface area (Å²) in [5, 5.41) is 6.00. The summed E-state index contributed by atoms with van der Waals surface area (Å²) < 4.78 is 0.937. The van der Waals surface area contributed by atoms with Crippen LogP contribution in [0.15, 0.2) is 33.7 Å². The molecule has 1 unspecified atom stereocenters. The Hall–Kier alpha value is -1.36. The van der Waals surface area contributed by atoms with Crippen LogP contribution in [0.25, 0.3) is 0 Å². The van der Waals surface area contributed by atoms with Gasteiger partial charge in [0.05, 0.1) is 0 Å². The molecule has 1 atom stereocenters. The lowest BCUT2D eigenvalue weighted by atomic mass is 9.93. The van der Waals surface area contributed by atoms with E-state index in [0.717, 1.165) is 10.0 Å². The number of aliphatic imine (C=N–C) groups is 1. The van der Waals surface area contributed by atoms with Crippen molar-refractivity contribution >= 4 is 27.8 Å². The van der Waals surface area contributed by atoms with Crippen molar-refractivity contribution in [2.75, 3.05) is 0 Å². The molecule has 5 heteroatoms. The highest BCUT2D eigenvalue weighted by Gasteiger charge is 2.41. The van der Waals surface area contributed by atoms with Crippen molar-refractivity contribution in [1.29, 1.82) is 0 Å². The molecule has 0 spiro atoms. The zero-order valence-corrected chi connectivity index (χ0v) is 13.1. The van der Waals surface area contributed by atoms with Gasteiger partial charge in [-0.15, -0.1) is 0 Å². The van der Waals surface area contributed by atoms with Crippen molar-refractivity contribution in [2.45, 2.75) is 38.8 Å². The summed E-state index contributed by atoms with van der Waals surface area (Å²) in [6, 6.07) is 7.66. The maximum absolute atomic E-state index is 12.2. The molecule has 19 heavy (non-hydrogen) atoms. The fourth-order valence-electron chi connectivity index (χ4n) is 1.93. The Morgan fingerprint density at radius 2 is 2.05 bits per heavy atom. The average molecular weight is 324 g/mol. The van der Waals surface area contributed by atoms with Gasteiger partial charge in [0.15, 0.2) is 11.5 Å². The maximum Gasteiger partial charge on any atom is 0.259 e. The molecule has 0 aromatic heterocycles. The SMILES string of the molecule is CC(C)(C)NC1=NC(C)(c2cccc(Br)c2)C(=O)N1. The van der Waals surface area contributed by atoms with Crippen molar-refractivity contribution in [3.63, 3.8) is 0 Å². The van der Waals surface area contributed by atoms with Crippen LogP contribution in [0.3, 0.4) is 0 Å². The number of halogens is 1. The molecule has 2 rings (SSSR count). The molecule has 102 valence electrons. The standard InChI is InChI=1S/C14H18BrN3O/c1-13(2,3)17-12-16-11(19)14(4,18-12)9-6-5-7-10(15)8-9/h5-8H,1-4H3,(H2,16,17,18,19). The van der Waals surface area contributed by atoms with Gasteiger partial charge >= 0.3 is 0 Å². The Labute approximate surface area is 121 Å². The Morgan fingerprint density at radius 3 is 2.63 bits per heavy atom. The van der Waals surface area contributed by atoms with E-state index in [1.165, 1.54) is 0 Å². The van der Waals surface area contributed by atoms with Gasteiger partial charge in [-0.05, 0) is 45.4 Å². The number of amides is 1. The summed E-state index contributed by atoms with van der Waals surface area (Å²) in [5.41, 5.74) is -0.156. The minimum atomic E-state index is -0.878. The Balaban J connectivity index is 2.35. The fourth-order valence-corrected chi connectivity index (χ4v) is 2.33. The quantitative estimate of drug-likeness (QED) is 0.834. The topological polar surface area (TPSA) is 53.5 Å². The van der Waals surface area contributed by atoms with Crippen LogP contribution in [0.1, 0.15) is 33.3 Å². The molecule has 0 aliphatic carbocycles. The number of benzene rings is 1. The smallest absolute Gasteiger partial charge is 0.259 e. The van der Waals surface area contributed by atoms with Crippen LogP contribution >= 0.6 is 15.9 Å². The van der Waals surface area contributed by atoms with Crippen molar-refractivity contribution in [1.82, 2.24) is 10.6 Å². The molecule has 0 radical (unpaired) electrons. The first-order valence-corrected chi connectivity index (χ1v) is 6.95. The second kappa shape index (κ2) is 4.63. The molecule has 1 aromatic carbocycles. The summed E-state index contributed by atoms with van der Waals surface area (Å²) in [7, 11) is 0. The highest BCUT2D eigenvalue weighted by Crippen LogP contribution is 2.30. The minimum absolute atomic E-state index is 0.114. The highest BCUT2D eigenvalue weighted by molar-refractivity contribution is 9.10. The Bertz CT molecular complexity index is 548. The second-order valence-corrected chi connectivity index (χ2v) is 6.79. The summed E-state index contributed by atoms with van der Waals surface area (Å²) in [4.78, 5) is 16.7. The van der Waals surface area contributed by atoms with Crippen LogP contribution < -0.4 is 10.6 Å². The van der Waals surface area contributed by atoms with Crippen molar-refractivity contribution in [2.24, 2.45) is 4.99 Å². The van der Waals surface area contributed by atoms with E-state index in [-0.39, 0.29) is 11.4 Å². The third kappa shape index (κ3) is 2.97. The van der Waals surface area contributed by atoms with E-state index in [9.17, 15) is 4.79 Å². The van der Waals surface area contributed by atoms with Gasteiger partial charge in [0.1, 0.15) is 0 Å². The number of carbonyl (C=O) groups excluding carboxylic acids is 1. The van der Waals surface area contributed by atoms with E-state index in [1.807, 2.05) is 52.0 Å². The molecule has 0 saturated carbocycles. The Morgan fingerprint density at radius 1 is 1.37 bits per heavy atom. The first-order chi connectivity index (χ1) is 8.71. The lowest BCUT2D eigenvalue weighted by Gasteiger charge is -2.21. The van der Waals surface area contributed by atoms with Crippen LogP contribution in [0.4, 0.5) is 0 Å². The predicted octanol–water partition coefficient (Wildman–Crippen LogP) is 2.54. The van der Waals surface area contributed by atoms with Gasteiger partial charge in [-0.1, -0.05) is 28.1 Å². The molecular weight excluding hydrogens is 306 g/mol. The number of hydrogen-bond acceptors (Lipinski definition) is 3. The van der Waals surface area contributed by atoms with E-state index in [2.05, 4.69) is 31.6 Å². The van der Waals surface area contributed by atoms with Gasteiger partial charge in [-0.2, -0.15) is 0 Å². The summed E-state index contributed by atoms with van der Waals surface area (Å²) in [5.74, 6) is 0.414. The normalized spacial score (nSPS) is 23.0. The fraction of sp³-hybridized carbons (Fsp3) is 0.429. The molecule has 1 amide bonds. The molecule has 0 fully saturated rings. The van der Waals surface area contributed by atoms with Crippen LogP contribution in [-0.2, 0) is 10.3 Å². The van der Waals surface area contributed by atoms with Crippen LogP contribution in [0.2, 0.25) is 0 Å². The van der Waals surface area contributed by atoms with Crippen molar-refractivity contribution < 1.29 is 4.79 Å². The van der Waals surface area contributed by atoms with Gasteiger partial charge in [0.2, 0.25) is 0 Å². The predicted molar refractivity (Wildman–Crippen MR) is 80.0 cm³/mol. The summed E-state index contributed by atoms with van der Waals surface area (Å²) >= 11 is 3.42. The molecule has 1 heterocycles. The van der Waals surface area contributed by atoms with Crippen LogP contribution in [0.5, 0.6) is 0 Å². The first-order valence-electron chi connectivity index (χ1n) is 6.16. The number of nitrogens with one attached hydrogen (secondary N) is 2. The van der Waals surface area contributed by atoms with Crippen molar-refractivity contribution in [3.05, 3.63) is 34.3 Å². The lowest BCUT2D eigenvalue weighted by molar-refractivity contribution is -0.123. The highest BCUT2D eigenvalue weighted by atomic mass is 79.9. The third-order valence-corrected chi connectivity index (χ3v) is 3.38. The molecular formula is C14H18BrN3O. The average Bonchev–Trinajstić information content (AvgIpc) is 2.52. The first kappa shape index (κ1) is 14.1. The van der Waals surface area contributed by atoms with E-state index in [1.54, 1.807) is 0 Å². The lowest BCUT2D eigenvalue weighted by Crippen LogP contribution is -2.47. The number of hydrogen-bond donors (Lipinski definition) is 2. The zero-order valence-electron chi connectivity index (χ0n) is 11.5. The van der Waals surface area contributed by atoms with E-state index in [0.29, 0.717) is 5.96 Å². The monoisotopic (exact) mass is 323 g/mol. The van der Waals surface area contributed by atoms with E-state index in [4.69, 9.17) is 0 Å². The minimum Gasteiger partial charge on any atom is -0.351 e. The molecule has 4 nitrogen and oxygen atoms in total. The van der Waals surface area contributed by atoms with Crippen LogP contribution in [-0.4, -0.2) is 17.4 Å². The molecule has 1 aliphatic rings. The van der Waals surface area contributed by atoms with Gasteiger partial charge in [-0.25, -0.2) is 4.99 Å².